The van der Waals surface area contributed by atoms with Crippen LogP contribution in [0.5, 0.6) is 5.75 Å². The van der Waals surface area contributed by atoms with Crippen LogP contribution in [0.4, 0.5) is 13.2 Å². The van der Waals surface area contributed by atoms with Gasteiger partial charge in [-0.3, -0.25) is 0 Å². The molecule has 0 spiro atoms. The van der Waals surface area contributed by atoms with Crippen molar-refractivity contribution in [1.82, 2.24) is 0 Å². The van der Waals surface area contributed by atoms with Crippen molar-refractivity contribution < 1.29 is 27.4 Å². The zero-order chi connectivity index (χ0) is 15.2. The normalized spacial score (nSPS) is 12.6. The van der Waals surface area contributed by atoms with E-state index in [4.69, 9.17) is 9.47 Å². The average molecular weight is 288 g/mol. The average Bonchev–Trinajstić information content (AvgIpc) is 2.42. The maximum absolute atomic E-state index is 12.5. The number of halogens is 3. The van der Waals surface area contributed by atoms with E-state index in [1.54, 1.807) is 6.92 Å². The Kier molecular flexibility index (Phi) is 5.61. The standard InChI is InChI=1S/C14H15F3O3/c1-3-11(20-13(18)4-2)9-19-12-7-5-6-10(8-12)14(15,16)17/h4-8,11H,2-3,9H2,1H3. The van der Waals surface area contributed by atoms with E-state index < -0.39 is 23.8 Å². The number of alkyl halides is 3. The lowest BCUT2D eigenvalue weighted by molar-refractivity contribution is -0.144. The molecule has 1 rings (SSSR count). The van der Waals surface area contributed by atoms with Gasteiger partial charge in [0, 0.05) is 6.08 Å². The number of rotatable bonds is 6. The third-order valence-electron chi connectivity index (χ3n) is 2.50. The summed E-state index contributed by atoms with van der Waals surface area (Å²) in [5, 5.41) is 0. The van der Waals surface area contributed by atoms with Gasteiger partial charge >= 0.3 is 12.1 Å². The van der Waals surface area contributed by atoms with E-state index in [9.17, 15) is 18.0 Å². The summed E-state index contributed by atoms with van der Waals surface area (Å²) in [6.45, 7) is 5.02. The van der Waals surface area contributed by atoms with Gasteiger partial charge < -0.3 is 9.47 Å². The van der Waals surface area contributed by atoms with Gasteiger partial charge in [0.1, 0.15) is 18.5 Å². The van der Waals surface area contributed by atoms with Crippen molar-refractivity contribution in [2.24, 2.45) is 0 Å². The van der Waals surface area contributed by atoms with Crippen molar-refractivity contribution in [2.75, 3.05) is 6.61 Å². The fourth-order valence-electron chi connectivity index (χ4n) is 1.40. The lowest BCUT2D eigenvalue weighted by Gasteiger charge is -2.16. The molecule has 0 amide bonds. The molecule has 0 aromatic heterocycles. The zero-order valence-electron chi connectivity index (χ0n) is 10.9. The van der Waals surface area contributed by atoms with Gasteiger partial charge in [0.25, 0.3) is 0 Å². The molecule has 0 radical (unpaired) electrons. The minimum absolute atomic E-state index is 0.0165. The molecule has 0 saturated carbocycles. The number of benzene rings is 1. The van der Waals surface area contributed by atoms with E-state index in [-0.39, 0.29) is 12.4 Å². The van der Waals surface area contributed by atoms with Crippen molar-refractivity contribution in [1.29, 1.82) is 0 Å². The summed E-state index contributed by atoms with van der Waals surface area (Å²) in [5.41, 5.74) is -0.786. The van der Waals surface area contributed by atoms with Crippen LogP contribution in [0.25, 0.3) is 0 Å². The van der Waals surface area contributed by atoms with Crippen LogP contribution in [0.15, 0.2) is 36.9 Å². The van der Waals surface area contributed by atoms with Crippen LogP contribution < -0.4 is 4.74 Å². The Morgan fingerprint density at radius 1 is 1.45 bits per heavy atom. The number of carbonyl (C=O) groups is 1. The van der Waals surface area contributed by atoms with E-state index >= 15 is 0 Å². The number of carbonyl (C=O) groups excluding carboxylic acids is 1. The monoisotopic (exact) mass is 288 g/mol. The van der Waals surface area contributed by atoms with Crippen molar-refractivity contribution in [2.45, 2.75) is 25.6 Å². The molecule has 20 heavy (non-hydrogen) atoms. The molecule has 0 aliphatic rings. The molecule has 0 saturated heterocycles. The second kappa shape index (κ2) is 6.98. The molecule has 1 aromatic carbocycles. The minimum Gasteiger partial charge on any atom is -0.490 e. The van der Waals surface area contributed by atoms with Crippen LogP contribution >= 0.6 is 0 Å². The van der Waals surface area contributed by atoms with Gasteiger partial charge in [-0.15, -0.1) is 0 Å². The predicted molar refractivity (Wildman–Crippen MR) is 67.3 cm³/mol. The fourth-order valence-corrected chi connectivity index (χ4v) is 1.40. The summed E-state index contributed by atoms with van der Waals surface area (Å²) >= 11 is 0. The molecule has 1 atom stereocenters. The highest BCUT2D eigenvalue weighted by molar-refractivity contribution is 5.81. The highest BCUT2D eigenvalue weighted by atomic mass is 19.4. The van der Waals surface area contributed by atoms with E-state index in [1.807, 2.05) is 0 Å². The van der Waals surface area contributed by atoms with E-state index in [0.717, 1.165) is 18.2 Å². The summed E-state index contributed by atoms with van der Waals surface area (Å²) in [6, 6.07) is 4.54. The molecule has 3 nitrogen and oxygen atoms in total. The zero-order valence-corrected chi connectivity index (χ0v) is 10.9. The van der Waals surface area contributed by atoms with Gasteiger partial charge in [-0.25, -0.2) is 4.79 Å². The second-order valence-electron chi connectivity index (χ2n) is 4.01. The molecule has 0 aliphatic heterocycles. The maximum atomic E-state index is 12.5. The molecule has 1 unspecified atom stereocenters. The molecule has 0 heterocycles. The lowest BCUT2D eigenvalue weighted by atomic mass is 10.2. The van der Waals surface area contributed by atoms with Crippen molar-refractivity contribution in [3.8, 4) is 5.75 Å². The predicted octanol–water partition coefficient (Wildman–Crippen LogP) is 3.59. The Balaban J connectivity index is 2.64. The van der Waals surface area contributed by atoms with Crippen molar-refractivity contribution in [3.05, 3.63) is 42.5 Å². The Morgan fingerprint density at radius 3 is 2.70 bits per heavy atom. The molecule has 1 aromatic rings. The largest absolute Gasteiger partial charge is 0.490 e. The third kappa shape index (κ3) is 4.95. The van der Waals surface area contributed by atoms with E-state index in [0.29, 0.717) is 6.42 Å². The van der Waals surface area contributed by atoms with Gasteiger partial charge in [0.15, 0.2) is 0 Å². The first-order chi connectivity index (χ1) is 9.36. The second-order valence-corrected chi connectivity index (χ2v) is 4.01. The van der Waals surface area contributed by atoms with Crippen LogP contribution in [-0.2, 0) is 15.7 Å². The van der Waals surface area contributed by atoms with Gasteiger partial charge in [0.2, 0.25) is 0 Å². The maximum Gasteiger partial charge on any atom is 0.416 e. The van der Waals surface area contributed by atoms with Gasteiger partial charge in [-0.2, -0.15) is 13.2 Å². The van der Waals surface area contributed by atoms with Crippen LogP contribution in [-0.4, -0.2) is 18.7 Å². The van der Waals surface area contributed by atoms with E-state index in [1.165, 1.54) is 12.1 Å². The third-order valence-corrected chi connectivity index (χ3v) is 2.50. The lowest BCUT2D eigenvalue weighted by Crippen LogP contribution is -2.23. The first-order valence-corrected chi connectivity index (χ1v) is 6.00. The summed E-state index contributed by atoms with van der Waals surface area (Å²) in [6.07, 6.45) is -3.44. The SMILES string of the molecule is C=CC(=O)OC(CC)COc1cccc(C(F)(F)F)c1. The highest BCUT2D eigenvalue weighted by Crippen LogP contribution is 2.31. The van der Waals surface area contributed by atoms with Crippen molar-refractivity contribution >= 4 is 5.97 Å². The summed E-state index contributed by atoms with van der Waals surface area (Å²) in [4.78, 5) is 11.0. The first-order valence-electron chi connectivity index (χ1n) is 6.00. The van der Waals surface area contributed by atoms with E-state index in [2.05, 4.69) is 6.58 Å². The molecule has 0 bridgehead atoms. The van der Waals surface area contributed by atoms with Gasteiger partial charge in [-0.05, 0) is 24.6 Å². The van der Waals surface area contributed by atoms with Gasteiger partial charge in [-0.1, -0.05) is 19.6 Å². The molecule has 0 N–H and O–H groups in total. The number of ether oxygens (including phenoxy) is 2. The first kappa shape index (κ1) is 16.1. The summed E-state index contributed by atoms with van der Waals surface area (Å²) in [7, 11) is 0. The summed E-state index contributed by atoms with van der Waals surface area (Å²) < 4.78 is 47.7. The van der Waals surface area contributed by atoms with Gasteiger partial charge in [0.05, 0.1) is 5.56 Å². The van der Waals surface area contributed by atoms with Crippen molar-refractivity contribution in [3.63, 3.8) is 0 Å². The quantitative estimate of drug-likeness (QED) is 0.592. The molecular weight excluding hydrogens is 273 g/mol. The Bertz CT molecular complexity index is 469. The number of hydrogen-bond donors (Lipinski definition) is 0. The number of hydrogen-bond acceptors (Lipinski definition) is 3. The summed E-state index contributed by atoms with van der Waals surface area (Å²) in [5.74, 6) is -0.516. The molecule has 110 valence electrons. The smallest absolute Gasteiger partial charge is 0.416 e. The molecule has 0 aliphatic carbocycles. The van der Waals surface area contributed by atoms with Crippen LogP contribution in [0, 0.1) is 0 Å². The Hall–Kier alpha value is -1.98. The van der Waals surface area contributed by atoms with Crippen LogP contribution in [0.2, 0.25) is 0 Å². The number of esters is 1. The van der Waals surface area contributed by atoms with Crippen LogP contribution in [0.1, 0.15) is 18.9 Å². The minimum atomic E-state index is -4.42. The Labute approximate surface area is 115 Å². The molecule has 6 heteroatoms. The fraction of sp³-hybridized carbons (Fsp3) is 0.357. The Morgan fingerprint density at radius 2 is 2.15 bits per heavy atom. The van der Waals surface area contributed by atoms with Crippen LogP contribution in [0.3, 0.4) is 0 Å². The topological polar surface area (TPSA) is 35.5 Å². The molecule has 0 fully saturated rings. The highest BCUT2D eigenvalue weighted by Gasteiger charge is 2.30. The molecular formula is C14H15F3O3.